The average molecular weight is 429 g/mol. The van der Waals surface area contributed by atoms with E-state index in [1.54, 1.807) is 12.1 Å². The molecule has 0 saturated carbocycles. The molecule has 0 aliphatic rings. The molecule has 0 aromatic heterocycles. The van der Waals surface area contributed by atoms with Crippen LogP contribution in [-0.2, 0) is 9.95 Å². The van der Waals surface area contributed by atoms with Crippen LogP contribution in [0.2, 0.25) is 0 Å². The van der Waals surface area contributed by atoms with E-state index < -0.39 is 0 Å². The van der Waals surface area contributed by atoms with Gasteiger partial charge in [-0.15, -0.1) is 26.2 Å². The first-order chi connectivity index (χ1) is 12.2. The normalized spacial score (nSPS) is 10.7. The third-order valence-corrected chi connectivity index (χ3v) is 5.23. The van der Waals surface area contributed by atoms with Crippen LogP contribution in [0.1, 0.15) is 24.0 Å². The number of esters is 1. The van der Waals surface area contributed by atoms with E-state index in [2.05, 4.69) is 33.5 Å². The van der Waals surface area contributed by atoms with E-state index >= 15 is 0 Å². The molecule has 0 N–H and O–H groups in total. The standard InChI is InChI=1S/C22H21O2P.BrH/c23-21(24-20-14-8-3-9-15-20)16-17-22(25,18-10-4-1-5-11-18)19-12-6-2-7-13-19;/h1-15H,16-17,25H2;1H. The van der Waals surface area contributed by atoms with Crippen LogP contribution in [0.3, 0.4) is 0 Å². The van der Waals surface area contributed by atoms with Gasteiger partial charge in [-0.3, -0.25) is 4.79 Å². The molecule has 0 fully saturated rings. The lowest BCUT2D eigenvalue weighted by atomic mass is 9.86. The summed E-state index contributed by atoms with van der Waals surface area (Å²) in [6.45, 7) is 0. The predicted molar refractivity (Wildman–Crippen MR) is 115 cm³/mol. The van der Waals surface area contributed by atoms with Crippen molar-refractivity contribution in [3.05, 3.63) is 102 Å². The molecule has 0 aliphatic carbocycles. The molecule has 0 heterocycles. The van der Waals surface area contributed by atoms with Crippen LogP contribution in [-0.4, -0.2) is 5.97 Å². The van der Waals surface area contributed by atoms with Gasteiger partial charge in [0.15, 0.2) is 0 Å². The zero-order valence-electron chi connectivity index (χ0n) is 14.4. The van der Waals surface area contributed by atoms with Gasteiger partial charge in [0.2, 0.25) is 0 Å². The molecule has 0 radical (unpaired) electrons. The van der Waals surface area contributed by atoms with Crippen molar-refractivity contribution in [2.45, 2.75) is 18.0 Å². The Morgan fingerprint density at radius 3 is 1.65 bits per heavy atom. The Balaban J connectivity index is 0.00000243. The molecule has 0 spiro atoms. The fraction of sp³-hybridized carbons (Fsp3) is 0.136. The van der Waals surface area contributed by atoms with E-state index in [1.807, 2.05) is 54.6 Å². The van der Waals surface area contributed by atoms with Gasteiger partial charge < -0.3 is 4.74 Å². The van der Waals surface area contributed by atoms with Crippen LogP contribution in [0.15, 0.2) is 91.0 Å². The number of carbonyl (C=O) groups excluding carboxylic acids is 1. The van der Waals surface area contributed by atoms with Crippen molar-refractivity contribution in [2.75, 3.05) is 0 Å². The second-order valence-electron chi connectivity index (χ2n) is 5.99. The molecule has 1 unspecified atom stereocenters. The van der Waals surface area contributed by atoms with Crippen LogP contribution < -0.4 is 4.74 Å². The van der Waals surface area contributed by atoms with Gasteiger partial charge >= 0.3 is 5.97 Å². The van der Waals surface area contributed by atoms with Gasteiger partial charge in [0, 0.05) is 11.6 Å². The summed E-state index contributed by atoms with van der Waals surface area (Å²) in [5.74, 6) is 0.367. The number of halogens is 1. The predicted octanol–water partition coefficient (Wildman–Crippen LogP) is 5.77. The molecule has 0 saturated heterocycles. The lowest BCUT2D eigenvalue weighted by Crippen LogP contribution is -2.22. The van der Waals surface area contributed by atoms with Gasteiger partial charge in [-0.2, -0.15) is 0 Å². The van der Waals surface area contributed by atoms with E-state index in [0.29, 0.717) is 18.6 Å². The first kappa shape index (κ1) is 20.4. The topological polar surface area (TPSA) is 26.3 Å². The Bertz CT molecular complexity index is 768. The summed E-state index contributed by atoms with van der Waals surface area (Å²) in [5.41, 5.74) is 2.33. The molecule has 0 amide bonds. The third kappa shape index (κ3) is 5.03. The highest BCUT2D eigenvalue weighted by molar-refractivity contribution is 8.93. The molecule has 3 aromatic rings. The summed E-state index contributed by atoms with van der Waals surface area (Å²) >= 11 is 0. The summed E-state index contributed by atoms with van der Waals surface area (Å²) in [6, 6.07) is 29.7. The van der Waals surface area contributed by atoms with Gasteiger partial charge in [0.25, 0.3) is 0 Å². The van der Waals surface area contributed by atoms with Gasteiger partial charge in [-0.1, -0.05) is 78.9 Å². The zero-order valence-corrected chi connectivity index (χ0v) is 17.2. The Hall–Kier alpha value is -1.96. The van der Waals surface area contributed by atoms with Gasteiger partial charge in [-0.05, 0) is 29.7 Å². The molecule has 4 heteroatoms. The summed E-state index contributed by atoms with van der Waals surface area (Å²) in [4.78, 5) is 12.3. The maximum atomic E-state index is 12.3. The number of rotatable bonds is 6. The molecule has 134 valence electrons. The number of carbonyl (C=O) groups is 1. The van der Waals surface area contributed by atoms with Crippen LogP contribution in [0.5, 0.6) is 5.75 Å². The van der Waals surface area contributed by atoms with Crippen LogP contribution in [0.25, 0.3) is 0 Å². The lowest BCUT2D eigenvalue weighted by Gasteiger charge is -2.30. The molecule has 1 atom stereocenters. The molecule has 0 aliphatic heterocycles. The van der Waals surface area contributed by atoms with Gasteiger partial charge in [-0.25, -0.2) is 0 Å². The van der Waals surface area contributed by atoms with E-state index in [4.69, 9.17) is 4.74 Å². The largest absolute Gasteiger partial charge is 0.427 e. The number of hydrogen-bond donors (Lipinski definition) is 0. The molecular weight excluding hydrogens is 407 g/mol. The maximum absolute atomic E-state index is 12.3. The van der Waals surface area contributed by atoms with E-state index in [9.17, 15) is 4.79 Å². The minimum atomic E-state index is -0.321. The highest BCUT2D eigenvalue weighted by atomic mass is 79.9. The van der Waals surface area contributed by atoms with Crippen molar-refractivity contribution in [3.8, 4) is 5.75 Å². The van der Waals surface area contributed by atoms with Gasteiger partial charge in [0.05, 0.1) is 0 Å². The zero-order chi connectivity index (χ0) is 17.5. The van der Waals surface area contributed by atoms with E-state index in [0.717, 1.165) is 0 Å². The van der Waals surface area contributed by atoms with Crippen molar-refractivity contribution in [1.29, 1.82) is 0 Å². The van der Waals surface area contributed by atoms with Crippen LogP contribution in [0.4, 0.5) is 0 Å². The fourth-order valence-corrected chi connectivity index (χ4v) is 3.43. The minimum Gasteiger partial charge on any atom is -0.427 e. The minimum absolute atomic E-state index is 0. The third-order valence-electron chi connectivity index (χ3n) is 4.28. The van der Waals surface area contributed by atoms with Gasteiger partial charge in [0.1, 0.15) is 5.75 Å². The quantitative estimate of drug-likeness (QED) is 0.283. The Morgan fingerprint density at radius 1 is 0.769 bits per heavy atom. The summed E-state index contributed by atoms with van der Waals surface area (Å²) < 4.78 is 5.43. The first-order valence-corrected chi connectivity index (χ1v) is 8.92. The summed E-state index contributed by atoms with van der Waals surface area (Å²) in [6.07, 6.45) is 0.986. The molecular formula is C22H22BrO2P. The van der Waals surface area contributed by atoms with E-state index in [-0.39, 0.29) is 28.1 Å². The maximum Gasteiger partial charge on any atom is 0.311 e. The molecule has 0 bridgehead atoms. The SMILES string of the molecule is Br.O=C(CCC(P)(c1ccccc1)c1ccccc1)Oc1ccccc1. The number of ether oxygens (including phenoxy) is 1. The lowest BCUT2D eigenvalue weighted by molar-refractivity contribution is -0.134. The summed E-state index contributed by atoms with van der Waals surface area (Å²) in [5, 5.41) is -0.321. The fourth-order valence-electron chi connectivity index (χ4n) is 2.90. The molecule has 3 rings (SSSR count). The van der Waals surface area contributed by atoms with Crippen molar-refractivity contribution < 1.29 is 9.53 Å². The Morgan fingerprint density at radius 2 is 1.19 bits per heavy atom. The number of hydrogen-bond acceptors (Lipinski definition) is 2. The second-order valence-corrected chi connectivity index (χ2v) is 6.98. The van der Waals surface area contributed by atoms with Crippen LogP contribution in [0, 0.1) is 0 Å². The van der Waals surface area contributed by atoms with E-state index in [1.165, 1.54) is 11.1 Å². The second kappa shape index (κ2) is 9.66. The average Bonchev–Trinajstić information content (AvgIpc) is 2.68. The Kier molecular flexibility index (Phi) is 7.56. The molecule has 26 heavy (non-hydrogen) atoms. The summed E-state index contributed by atoms with van der Waals surface area (Å²) in [7, 11) is 2.95. The molecule has 3 aromatic carbocycles. The smallest absolute Gasteiger partial charge is 0.311 e. The van der Waals surface area contributed by atoms with Crippen molar-refractivity contribution >= 4 is 32.2 Å². The highest BCUT2D eigenvalue weighted by Gasteiger charge is 2.29. The number of para-hydroxylation sites is 1. The monoisotopic (exact) mass is 428 g/mol. The van der Waals surface area contributed by atoms with Crippen LogP contribution >= 0.6 is 26.2 Å². The number of benzene rings is 3. The Labute approximate surface area is 167 Å². The first-order valence-electron chi connectivity index (χ1n) is 8.34. The molecule has 2 nitrogen and oxygen atoms in total. The van der Waals surface area contributed by atoms with Crippen molar-refractivity contribution in [1.82, 2.24) is 0 Å². The highest BCUT2D eigenvalue weighted by Crippen LogP contribution is 2.42. The van der Waals surface area contributed by atoms with Crippen molar-refractivity contribution in [3.63, 3.8) is 0 Å². The van der Waals surface area contributed by atoms with Crippen molar-refractivity contribution in [2.24, 2.45) is 0 Å².